The first kappa shape index (κ1) is 52.0. The van der Waals surface area contributed by atoms with Gasteiger partial charge in [-0.1, -0.05) is 67.4 Å². The summed E-state index contributed by atoms with van der Waals surface area (Å²) in [6.07, 6.45) is 6.29. The lowest BCUT2D eigenvalue weighted by Crippen LogP contribution is -2.42. The Bertz CT molecular complexity index is 2000. The Hall–Kier alpha value is -4.42. The Morgan fingerprint density at radius 3 is 2.15 bits per heavy atom. The maximum absolute atomic E-state index is 14.4. The zero-order chi connectivity index (χ0) is 47.8. The molecule has 0 saturated carbocycles. The normalized spacial score (nSPS) is 20.7. The van der Waals surface area contributed by atoms with Crippen molar-refractivity contribution in [3.63, 3.8) is 0 Å². The maximum Gasteiger partial charge on any atom is 0.315 e. The van der Waals surface area contributed by atoms with Crippen LogP contribution in [0.2, 0.25) is 0 Å². The number of rotatable bonds is 27. The minimum Gasteiger partial charge on any atom is -0.497 e. The molecule has 3 aromatic carbocycles. The average Bonchev–Trinajstić information content (AvgIpc) is 4.03. The molecule has 67 heavy (non-hydrogen) atoms. The minimum atomic E-state index is -1.54. The van der Waals surface area contributed by atoms with Gasteiger partial charge in [0.2, 0.25) is 11.8 Å². The molecule has 0 bridgehead atoms. The summed E-state index contributed by atoms with van der Waals surface area (Å²) in [5.74, 6) is 2.47. The average molecular weight is 959 g/mol. The fourth-order valence-corrected chi connectivity index (χ4v) is 12.7. The first-order valence-electron chi connectivity index (χ1n) is 24.0. The van der Waals surface area contributed by atoms with Gasteiger partial charge >= 0.3 is 6.03 Å². The van der Waals surface area contributed by atoms with Crippen molar-refractivity contribution in [3.05, 3.63) is 95.6 Å². The van der Waals surface area contributed by atoms with Gasteiger partial charge in [-0.05, 0) is 101 Å². The number of carbonyl (C=O) groups is 3. The minimum absolute atomic E-state index is 0.0296. The van der Waals surface area contributed by atoms with Crippen LogP contribution in [0.1, 0.15) is 109 Å². The van der Waals surface area contributed by atoms with Gasteiger partial charge in [0.05, 0.1) is 64.2 Å². The van der Waals surface area contributed by atoms with Gasteiger partial charge in [0.1, 0.15) is 17.1 Å². The summed E-state index contributed by atoms with van der Waals surface area (Å²) < 4.78 is 33.9. The van der Waals surface area contributed by atoms with Crippen LogP contribution >= 0.6 is 20.3 Å². The Morgan fingerprint density at radius 1 is 0.881 bits per heavy atom. The predicted octanol–water partition coefficient (Wildman–Crippen LogP) is 8.68. The molecule has 3 fully saturated rings. The van der Waals surface area contributed by atoms with E-state index in [0.29, 0.717) is 44.0 Å². The SMILES string of the molecule is COc1ccc(C(OC[C@@H]2C[C@@H](OP(OCCC#N)N(C(C)C)C(C)C)CN2C(=O)CCCCCNC(=O)CCCC[C@@H]2SC[C@@H]3NC(=O)N[C@@H]32)(c2ccccc2)c2ccc(OC)cc2)cc1. The standard InChI is InChI=1S/C51H71N6O8PS/c1-36(2)57(37(3)4)66(64-31-15-29-52)65-44-32-41(34-63-51(38-16-9-7-10-17-38,39-21-25-42(61-5)26-22-39)40-23-27-43(62-6)28-24-40)56(33-44)48(59)20-11-8-14-30-53-47(58)19-13-12-18-46-49-45(35-67-46)54-50(60)55-49/h7,9-10,16-17,21-28,36-37,41,44-46,49H,8,11-15,18-20,30-35H2,1-6H3,(H,53,58)(H2,54,55,60)/t41-,44+,45-,46-,49-,66?/m0/s1. The van der Waals surface area contributed by atoms with E-state index in [1.807, 2.05) is 83.4 Å². The third-order valence-corrected chi connectivity index (χ3v) is 16.4. The smallest absolute Gasteiger partial charge is 0.315 e. The van der Waals surface area contributed by atoms with E-state index >= 15 is 0 Å². The van der Waals surface area contributed by atoms with Crippen LogP contribution in [0.4, 0.5) is 4.79 Å². The number of hydrogen-bond donors (Lipinski definition) is 3. The number of likely N-dealkylation sites (tertiary alicyclic amines) is 1. The van der Waals surface area contributed by atoms with Gasteiger partial charge in [-0.2, -0.15) is 17.0 Å². The van der Waals surface area contributed by atoms with Gasteiger partial charge in [-0.15, -0.1) is 0 Å². The van der Waals surface area contributed by atoms with Crippen molar-refractivity contribution >= 4 is 38.1 Å². The fourth-order valence-electron chi connectivity index (χ4n) is 9.44. The molecule has 3 aliphatic rings. The van der Waals surface area contributed by atoms with Crippen LogP contribution in [0, 0.1) is 11.3 Å². The lowest BCUT2D eigenvalue weighted by atomic mass is 9.80. The number of methoxy groups -OCH3 is 2. The molecule has 4 amide bonds. The number of urea groups is 1. The molecule has 6 rings (SSSR count). The second-order valence-electron chi connectivity index (χ2n) is 18.1. The Morgan fingerprint density at radius 2 is 1.52 bits per heavy atom. The van der Waals surface area contributed by atoms with E-state index in [9.17, 15) is 19.6 Å². The molecule has 1 unspecified atom stereocenters. The highest BCUT2D eigenvalue weighted by atomic mass is 32.2. The van der Waals surface area contributed by atoms with Gasteiger partial charge in [0.15, 0.2) is 0 Å². The summed E-state index contributed by atoms with van der Waals surface area (Å²) in [5.41, 5.74) is 1.67. The number of nitrogens with zero attached hydrogens (tertiary/aromatic N) is 3. The van der Waals surface area contributed by atoms with Crippen LogP contribution in [0.25, 0.3) is 0 Å². The number of unbranched alkanes of at least 4 members (excludes halogenated alkanes) is 3. The number of amides is 4. The predicted molar refractivity (Wildman–Crippen MR) is 264 cm³/mol. The van der Waals surface area contributed by atoms with Gasteiger partial charge < -0.3 is 44.1 Å². The molecule has 16 heteroatoms. The van der Waals surface area contributed by atoms with Crippen molar-refractivity contribution in [2.45, 2.75) is 139 Å². The number of thioether (sulfide) groups is 1. The Kier molecular flexibility index (Phi) is 20.0. The van der Waals surface area contributed by atoms with Crippen LogP contribution in [0.3, 0.4) is 0 Å². The number of nitriles is 1. The zero-order valence-corrected chi connectivity index (χ0v) is 41.8. The van der Waals surface area contributed by atoms with Crippen molar-refractivity contribution in [2.24, 2.45) is 0 Å². The highest BCUT2D eigenvalue weighted by Gasteiger charge is 2.44. The van der Waals surface area contributed by atoms with Crippen LogP contribution in [0.15, 0.2) is 78.9 Å². The number of nitrogens with one attached hydrogen (secondary N) is 3. The zero-order valence-electron chi connectivity index (χ0n) is 40.1. The van der Waals surface area contributed by atoms with Crippen LogP contribution in [0.5, 0.6) is 11.5 Å². The monoisotopic (exact) mass is 958 g/mol. The van der Waals surface area contributed by atoms with Crippen molar-refractivity contribution in [2.75, 3.05) is 46.3 Å². The number of fused-ring (bicyclic) bond motifs is 1. The molecular formula is C51H71N6O8PS. The summed E-state index contributed by atoms with van der Waals surface area (Å²) in [4.78, 5) is 40.7. The van der Waals surface area contributed by atoms with Crippen LogP contribution in [-0.2, 0) is 29.0 Å². The molecule has 364 valence electrons. The highest BCUT2D eigenvalue weighted by Crippen LogP contribution is 2.49. The number of benzene rings is 3. The Balaban J connectivity index is 1.13. The molecule has 0 aromatic heterocycles. The largest absolute Gasteiger partial charge is 0.497 e. The lowest BCUT2D eigenvalue weighted by Gasteiger charge is -2.38. The Labute approximate surface area is 403 Å². The molecule has 3 aliphatic heterocycles. The van der Waals surface area contributed by atoms with Crippen molar-refractivity contribution in [3.8, 4) is 17.6 Å². The first-order chi connectivity index (χ1) is 32.5. The third-order valence-electron chi connectivity index (χ3n) is 12.7. The molecule has 3 saturated heterocycles. The van der Waals surface area contributed by atoms with Crippen molar-refractivity contribution < 1.29 is 37.6 Å². The van der Waals surface area contributed by atoms with Crippen LogP contribution < -0.4 is 25.4 Å². The van der Waals surface area contributed by atoms with E-state index in [0.717, 1.165) is 66.0 Å². The van der Waals surface area contributed by atoms with Gasteiger partial charge in [-0.25, -0.2) is 9.46 Å². The van der Waals surface area contributed by atoms with E-state index in [1.54, 1.807) is 14.2 Å². The third kappa shape index (κ3) is 13.9. The van der Waals surface area contributed by atoms with Crippen LogP contribution in [-0.4, -0.2) is 115 Å². The van der Waals surface area contributed by atoms with E-state index in [1.165, 1.54) is 0 Å². The highest BCUT2D eigenvalue weighted by molar-refractivity contribution is 8.00. The molecular weight excluding hydrogens is 888 g/mol. The van der Waals surface area contributed by atoms with Crippen molar-refractivity contribution in [1.82, 2.24) is 25.5 Å². The molecule has 0 spiro atoms. The number of hydrogen-bond acceptors (Lipinski definition) is 11. The molecule has 14 nitrogen and oxygen atoms in total. The summed E-state index contributed by atoms with van der Waals surface area (Å²) in [6.45, 7) is 9.87. The van der Waals surface area contributed by atoms with Gasteiger partial charge in [0, 0.05) is 49.0 Å². The first-order valence-corrected chi connectivity index (χ1v) is 26.1. The molecule has 3 heterocycles. The summed E-state index contributed by atoms with van der Waals surface area (Å²) in [5, 5.41) is 18.8. The summed E-state index contributed by atoms with van der Waals surface area (Å²) in [6, 6.07) is 28.5. The van der Waals surface area contributed by atoms with Crippen molar-refractivity contribution in [1.29, 1.82) is 5.26 Å². The summed E-state index contributed by atoms with van der Waals surface area (Å²) >= 11 is 1.90. The summed E-state index contributed by atoms with van der Waals surface area (Å²) in [7, 11) is 1.76. The van der Waals surface area contributed by atoms with E-state index in [4.69, 9.17) is 23.3 Å². The molecule has 0 aliphatic carbocycles. The van der Waals surface area contributed by atoms with Gasteiger partial charge in [0.25, 0.3) is 8.53 Å². The number of ether oxygens (including phenoxy) is 3. The van der Waals surface area contributed by atoms with E-state index < -0.39 is 14.1 Å². The fraction of sp³-hybridized carbons (Fsp3) is 0.569. The lowest BCUT2D eigenvalue weighted by molar-refractivity contribution is -0.134. The maximum atomic E-state index is 14.4. The second kappa shape index (κ2) is 25.8. The van der Waals surface area contributed by atoms with E-state index in [-0.39, 0.29) is 73.8 Å². The second-order valence-corrected chi connectivity index (χ2v) is 20.7. The van der Waals surface area contributed by atoms with E-state index in [2.05, 4.69) is 66.5 Å². The molecule has 3 aromatic rings. The molecule has 0 radical (unpaired) electrons. The molecule has 6 atom stereocenters. The van der Waals surface area contributed by atoms with Gasteiger partial charge in [-0.3, -0.25) is 9.59 Å². The number of carbonyl (C=O) groups excluding carboxylic acids is 3. The quantitative estimate of drug-likeness (QED) is 0.0290. The molecule has 3 N–H and O–H groups in total. The topological polar surface area (TPSA) is 164 Å².